The number of sulfonamides is 1. The Bertz CT molecular complexity index is 332. The summed E-state index contributed by atoms with van der Waals surface area (Å²) >= 11 is 0. The molecule has 1 aliphatic rings. The van der Waals surface area contributed by atoms with Gasteiger partial charge in [0.15, 0.2) is 0 Å². The standard InChI is InChI=1S/C12H27N3O2S/c1-3-15-9-6-7-12(15)11-14(2)18(16,17)10-5-4-8-13/h12H,3-11,13H2,1-2H3. The van der Waals surface area contributed by atoms with Crippen LogP contribution in [0.5, 0.6) is 0 Å². The first-order chi connectivity index (χ1) is 8.51. The van der Waals surface area contributed by atoms with Crippen LogP contribution in [0.1, 0.15) is 32.6 Å². The lowest BCUT2D eigenvalue weighted by molar-refractivity contribution is 0.237. The van der Waals surface area contributed by atoms with E-state index >= 15 is 0 Å². The van der Waals surface area contributed by atoms with Crippen molar-refractivity contribution < 1.29 is 8.42 Å². The highest BCUT2D eigenvalue weighted by molar-refractivity contribution is 7.89. The van der Waals surface area contributed by atoms with Crippen LogP contribution in [-0.2, 0) is 10.0 Å². The van der Waals surface area contributed by atoms with E-state index < -0.39 is 10.0 Å². The van der Waals surface area contributed by atoms with E-state index in [4.69, 9.17) is 5.73 Å². The van der Waals surface area contributed by atoms with Crippen LogP contribution in [0.25, 0.3) is 0 Å². The number of hydrogen-bond donors (Lipinski definition) is 1. The molecule has 5 nitrogen and oxygen atoms in total. The lowest BCUT2D eigenvalue weighted by Crippen LogP contribution is -2.41. The summed E-state index contributed by atoms with van der Waals surface area (Å²) in [6, 6.07) is 0.393. The van der Waals surface area contributed by atoms with Gasteiger partial charge in [-0.1, -0.05) is 6.92 Å². The summed E-state index contributed by atoms with van der Waals surface area (Å²) in [6.45, 7) is 5.42. The van der Waals surface area contributed by atoms with Crippen LogP contribution >= 0.6 is 0 Å². The molecule has 108 valence electrons. The van der Waals surface area contributed by atoms with Crippen molar-refractivity contribution in [1.29, 1.82) is 0 Å². The van der Waals surface area contributed by atoms with Crippen molar-refractivity contribution in [1.82, 2.24) is 9.21 Å². The molecule has 0 spiro atoms. The van der Waals surface area contributed by atoms with Crippen LogP contribution in [0, 0.1) is 0 Å². The van der Waals surface area contributed by atoms with Gasteiger partial charge in [-0.15, -0.1) is 0 Å². The van der Waals surface area contributed by atoms with Crippen LogP contribution in [0.15, 0.2) is 0 Å². The van der Waals surface area contributed by atoms with Crippen molar-refractivity contribution in [3.8, 4) is 0 Å². The minimum absolute atomic E-state index is 0.222. The van der Waals surface area contributed by atoms with Crippen LogP contribution in [-0.4, -0.2) is 62.6 Å². The second-order valence-corrected chi connectivity index (χ2v) is 7.21. The fourth-order valence-corrected chi connectivity index (χ4v) is 3.79. The average molecular weight is 277 g/mol. The summed E-state index contributed by atoms with van der Waals surface area (Å²) in [6.07, 6.45) is 3.72. The Hall–Kier alpha value is -0.170. The summed E-state index contributed by atoms with van der Waals surface area (Å²) in [7, 11) is -1.40. The van der Waals surface area contributed by atoms with Gasteiger partial charge in [-0.2, -0.15) is 0 Å². The Balaban J connectivity index is 2.45. The van der Waals surface area contributed by atoms with Gasteiger partial charge in [0.05, 0.1) is 5.75 Å². The Kier molecular flexibility index (Phi) is 6.55. The van der Waals surface area contributed by atoms with E-state index in [0.29, 0.717) is 25.6 Å². The van der Waals surface area contributed by atoms with Crippen molar-refractivity contribution in [2.45, 2.75) is 38.6 Å². The molecule has 0 saturated carbocycles. The van der Waals surface area contributed by atoms with Crippen LogP contribution in [0.4, 0.5) is 0 Å². The highest BCUT2D eigenvalue weighted by atomic mass is 32.2. The molecular formula is C12H27N3O2S. The SMILES string of the molecule is CCN1CCCC1CN(C)S(=O)(=O)CCCCN. The zero-order chi connectivity index (χ0) is 13.6. The molecule has 18 heavy (non-hydrogen) atoms. The minimum atomic E-state index is -3.10. The maximum atomic E-state index is 12.1. The molecule has 0 aliphatic carbocycles. The van der Waals surface area contributed by atoms with Gasteiger partial charge in [0.25, 0.3) is 0 Å². The number of likely N-dealkylation sites (N-methyl/N-ethyl adjacent to an activating group) is 2. The van der Waals surface area contributed by atoms with Gasteiger partial charge < -0.3 is 5.73 Å². The lowest BCUT2D eigenvalue weighted by atomic mass is 10.2. The van der Waals surface area contributed by atoms with Crippen molar-refractivity contribution in [2.75, 3.05) is 39.0 Å². The summed E-state index contributed by atoms with van der Waals surface area (Å²) in [5.41, 5.74) is 5.39. The number of likely N-dealkylation sites (tertiary alicyclic amines) is 1. The molecule has 1 saturated heterocycles. The average Bonchev–Trinajstić information content (AvgIpc) is 2.76. The summed E-state index contributed by atoms with van der Waals surface area (Å²) in [5, 5.41) is 0. The molecule has 1 unspecified atom stereocenters. The molecule has 0 aromatic rings. The van der Waals surface area contributed by atoms with Crippen molar-refractivity contribution in [3.63, 3.8) is 0 Å². The lowest BCUT2D eigenvalue weighted by Gasteiger charge is -2.27. The van der Waals surface area contributed by atoms with Crippen molar-refractivity contribution in [2.24, 2.45) is 5.73 Å². The van der Waals surface area contributed by atoms with Gasteiger partial charge in [0, 0.05) is 19.6 Å². The van der Waals surface area contributed by atoms with Crippen LogP contribution in [0.3, 0.4) is 0 Å². The topological polar surface area (TPSA) is 66.6 Å². The number of unbranched alkanes of at least 4 members (excludes halogenated alkanes) is 1. The van der Waals surface area contributed by atoms with Gasteiger partial charge in [0.2, 0.25) is 10.0 Å². The van der Waals surface area contributed by atoms with Gasteiger partial charge in [-0.05, 0) is 45.3 Å². The second-order valence-electron chi connectivity index (χ2n) is 5.02. The third-order valence-electron chi connectivity index (χ3n) is 3.70. The van der Waals surface area contributed by atoms with E-state index in [1.165, 1.54) is 10.7 Å². The Morgan fingerprint density at radius 1 is 1.39 bits per heavy atom. The Morgan fingerprint density at radius 3 is 2.72 bits per heavy atom. The highest BCUT2D eigenvalue weighted by Crippen LogP contribution is 2.18. The number of rotatable bonds is 8. The summed E-state index contributed by atoms with van der Waals surface area (Å²) in [4.78, 5) is 2.37. The van der Waals surface area contributed by atoms with E-state index in [-0.39, 0.29) is 5.75 Å². The molecule has 6 heteroatoms. The van der Waals surface area contributed by atoms with E-state index in [1.54, 1.807) is 7.05 Å². The molecule has 0 bridgehead atoms. The van der Waals surface area contributed by atoms with Gasteiger partial charge >= 0.3 is 0 Å². The molecular weight excluding hydrogens is 250 g/mol. The fraction of sp³-hybridized carbons (Fsp3) is 1.00. The quantitative estimate of drug-likeness (QED) is 0.655. The Morgan fingerprint density at radius 2 is 2.11 bits per heavy atom. The summed E-state index contributed by atoms with van der Waals surface area (Å²) in [5.74, 6) is 0.222. The van der Waals surface area contributed by atoms with Gasteiger partial charge in [-0.3, -0.25) is 4.90 Å². The summed E-state index contributed by atoms with van der Waals surface area (Å²) < 4.78 is 25.6. The predicted molar refractivity (Wildman–Crippen MR) is 75.0 cm³/mol. The van der Waals surface area contributed by atoms with Crippen molar-refractivity contribution in [3.05, 3.63) is 0 Å². The van der Waals surface area contributed by atoms with E-state index in [2.05, 4.69) is 11.8 Å². The fourth-order valence-electron chi connectivity index (χ4n) is 2.51. The molecule has 1 fully saturated rings. The minimum Gasteiger partial charge on any atom is -0.330 e. The van der Waals surface area contributed by atoms with E-state index in [1.807, 2.05) is 0 Å². The van der Waals surface area contributed by atoms with E-state index in [9.17, 15) is 8.42 Å². The molecule has 1 heterocycles. The number of nitrogens with two attached hydrogens (primary N) is 1. The first-order valence-electron chi connectivity index (χ1n) is 6.89. The molecule has 1 rings (SSSR count). The second kappa shape index (κ2) is 7.43. The molecule has 0 aromatic carbocycles. The van der Waals surface area contributed by atoms with Crippen LogP contribution < -0.4 is 5.73 Å². The monoisotopic (exact) mass is 277 g/mol. The first kappa shape index (κ1) is 15.9. The number of hydrogen-bond acceptors (Lipinski definition) is 4. The van der Waals surface area contributed by atoms with Gasteiger partial charge in [-0.25, -0.2) is 12.7 Å². The molecule has 0 radical (unpaired) electrons. The van der Waals surface area contributed by atoms with Crippen molar-refractivity contribution >= 4 is 10.0 Å². The number of nitrogens with zero attached hydrogens (tertiary/aromatic N) is 2. The third-order valence-corrected chi connectivity index (χ3v) is 5.61. The molecule has 0 aromatic heterocycles. The normalized spacial score (nSPS) is 21.9. The molecule has 1 atom stereocenters. The highest BCUT2D eigenvalue weighted by Gasteiger charge is 2.27. The maximum Gasteiger partial charge on any atom is 0.213 e. The predicted octanol–water partition coefficient (Wildman–Crippen LogP) is 0.471. The molecule has 0 amide bonds. The van der Waals surface area contributed by atoms with E-state index in [0.717, 1.165) is 25.9 Å². The largest absolute Gasteiger partial charge is 0.330 e. The third kappa shape index (κ3) is 4.50. The first-order valence-corrected chi connectivity index (χ1v) is 8.50. The Labute approximate surface area is 111 Å². The maximum absolute atomic E-state index is 12.1. The zero-order valence-electron chi connectivity index (χ0n) is 11.6. The van der Waals surface area contributed by atoms with Gasteiger partial charge in [0.1, 0.15) is 0 Å². The van der Waals surface area contributed by atoms with Crippen LogP contribution in [0.2, 0.25) is 0 Å². The smallest absolute Gasteiger partial charge is 0.213 e. The zero-order valence-corrected chi connectivity index (χ0v) is 12.5. The molecule has 1 aliphatic heterocycles. The molecule has 2 N–H and O–H groups in total.